The Morgan fingerprint density at radius 1 is 1.21 bits per heavy atom. The van der Waals surface area contributed by atoms with Gasteiger partial charge < -0.3 is 10.2 Å². The van der Waals surface area contributed by atoms with Crippen LogP contribution in [0.2, 0.25) is 0 Å². The molecule has 0 radical (unpaired) electrons. The van der Waals surface area contributed by atoms with Crippen LogP contribution in [0.15, 0.2) is 34.9 Å². The summed E-state index contributed by atoms with van der Waals surface area (Å²) < 4.78 is 5.44. The number of hydrogen-bond acceptors (Lipinski definition) is 2. The molecular weight excluding hydrogens is 174 g/mol. The largest absolute Gasteiger partial charge is 0.464 e. The molecule has 1 aromatic carbocycles. The molecule has 2 heteroatoms. The number of nitrogens with two attached hydrogens (primary N) is 1. The molecule has 0 aliphatic heterocycles. The average Bonchev–Trinajstić information content (AvgIpc) is 2.63. The van der Waals surface area contributed by atoms with E-state index < -0.39 is 0 Å². The Balaban J connectivity index is 2.56. The Bertz CT molecular complexity index is 431. The zero-order chi connectivity index (χ0) is 10.1. The van der Waals surface area contributed by atoms with E-state index >= 15 is 0 Å². The molecule has 2 nitrogen and oxygen atoms in total. The van der Waals surface area contributed by atoms with Gasteiger partial charge in [0.25, 0.3) is 0 Å². The molecule has 1 aromatic heterocycles. The van der Waals surface area contributed by atoms with Gasteiger partial charge in [0.05, 0.1) is 6.26 Å². The fraction of sp³-hybridized carbons (Fsp3) is 0.333. The van der Waals surface area contributed by atoms with Crippen LogP contribution in [0.1, 0.15) is 25.5 Å². The van der Waals surface area contributed by atoms with Gasteiger partial charge in [0.15, 0.2) is 0 Å². The van der Waals surface area contributed by atoms with Crippen LogP contribution in [0.3, 0.4) is 0 Å². The predicted octanol–water partition coefficient (Wildman–Crippen LogP) is 3.09. The number of fused-ring (bicyclic) bond motifs is 1. The van der Waals surface area contributed by atoms with E-state index in [9.17, 15) is 0 Å². The first-order chi connectivity index (χ1) is 6.70. The van der Waals surface area contributed by atoms with Crippen molar-refractivity contribution in [2.45, 2.75) is 19.9 Å². The minimum atomic E-state index is 0.0462. The maximum absolute atomic E-state index is 6.10. The maximum atomic E-state index is 6.10. The summed E-state index contributed by atoms with van der Waals surface area (Å²) in [4.78, 5) is 0. The van der Waals surface area contributed by atoms with E-state index in [4.69, 9.17) is 10.2 Å². The van der Waals surface area contributed by atoms with Gasteiger partial charge in [-0.3, -0.25) is 0 Å². The van der Waals surface area contributed by atoms with Crippen LogP contribution in [0.4, 0.5) is 0 Å². The molecule has 0 saturated heterocycles. The van der Waals surface area contributed by atoms with Gasteiger partial charge in [-0.25, -0.2) is 0 Å². The highest BCUT2D eigenvalue weighted by atomic mass is 16.3. The van der Waals surface area contributed by atoms with Crippen LogP contribution in [0.5, 0.6) is 0 Å². The lowest BCUT2D eigenvalue weighted by Gasteiger charge is -2.15. The summed E-state index contributed by atoms with van der Waals surface area (Å²) >= 11 is 0. The monoisotopic (exact) mass is 189 g/mol. The van der Waals surface area contributed by atoms with Gasteiger partial charge in [0, 0.05) is 17.0 Å². The Labute approximate surface area is 83.7 Å². The van der Waals surface area contributed by atoms with E-state index in [2.05, 4.69) is 13.8 Å². The second-order valence-corrected chi connectivity index (χ2v) is 3.96. The third-order valence-electron chi connectivity index (χ3n) is 2.59. The third-order valence-corrected chi connectivity index (χ3v) is 2.59. The maximum Gasteiger partial charge on any atom is 0.138 e. The van der Waals surface area contributed by atoms with Crippen LogP contribution in [-0.2, 0) is 0 Å². The van der Waals surface area contributed by atoms with Crippen molar-refractivity contribution >= 4 is 11.0 Å². The zero-order valence-electron chi connectivity index (χ0n) is 8.53. The van der Waals surface area contributed by atoms with Crippen LogP contribution in [0, 0.1) is 5.92 Å². The molecule has 0 saturated carbocycles. The molecule has 0 fully saturated rings. The van der Waals surface area contributed by atoms with Crippen molar-refractivity contribution in [3.8, 4) is 0 Å². The van der Waals surface area contributed by atoms with Crippen molar-refractivity contribution in [3.63, 3.8) is 0 Å². The molecule has 1 unspecified atom stereocenters. The number of rotatable bonds is 2. The van der Waals surface area contributed by atoms with E-state index in [1.54, 1.807) is 6.26 Å². The summed E-state index contributed by atoms with van der Waals surface area (Å²) in [5.41, 5.74) is 8.13. The Hall–Kier alpha value is -1.28. The van der Waals surface area contributed by atoms with Gasteiger partial charge >= 0.3 is 0 Å². The quantitative estimate of drug-likeness (QED) is 0.788. The molecule has 1 heterocycles. The molecule has 0 spiro atoms. The van der Waals surface area contributed by atoms with Crippen molar-refractivity contribution < 1.29 is 4.42 Å². The Kier molecular flexibility index (Phi) is 2.30. The van der Waals surface area contributed by atoms with Crippen molar-refractivity contribution in [2.24, 2.45) is 11.7 Å². The van der Waals surface area contributed by atoms with Crippen LogP contribution in [-0.4, -0.2) is 0 Å². The lowest BCUT2D eigenvalue weighted by Crippen LogP contribution is -2.16. The molecule has 2 rings (SSSR count). The van der Waals surface area contributed by atoms with Crippen LogP contribution >= 0.6 is 0 Å². The van der Waals surface area contributed by atoms with Crippen molar-refractivity contribution in [3.05, 3.63) is 36.1 Å². The first kappa shape index (κ1) is 9.28. The number of hydrogen-bond donors (Lipinski definition) is 1. The second kappa shape index (κ2) is 3.46. The second-order valence-electron chi connectivity index (χ2n) is 3.96. The number of furan rings is 1. The lowest BCUT2D eigenvalue weighted by atomic mass is 9.96. The van der Waals surface area contributed by atoms with E-state index in [0.29, 0.717) is 5.92 Å². The third kappa shape index (κ3) is 1.42. The first-order valence-electron chi connectivity index (χ1n) is 4.92. The molecule has 1 atom stereocenters. The first-order valence-corrected chi connectivity index (χ1v) is 4.92. The van der Waals surface area contributed by atoms with Gasteiger partial charge in [0.2, 0.25) is 0 Å². The summed E-state index contributed by atoms with van der Waals surface area (Å²) in [6.45, 7) is 4.24. The van der Waals surface area contributed by atoms with Gasteiger partial charge in [0.1, 0.15) is 5.58 Å². The summed E-state index contributed by atoms with van der Waals surface area (Å²) in [5.74, 6) is 0.422. The molecule has 0 aliphatic rings. The smallest absolute Gasteiger partial charge is 0.138 e. The van der Waals surface area contributed by atoms with Crippen LogP contribution in [0.25, 0.3) is 11.0 Å². The van der Waals surface area contributed by atoms with Gasteiger partial charge in [-0.2, -0.15) is 0 Å². The minimum Gasteiger partial charge on any atom is -0.464 e. The highest BCUT2D eigenvalue weighted by Gasteiger charge is 2.14. The molecule has 2 aromatic rings. The molecule has 0 bridgehead atoms. The predicted molar refractivity (Wildman–Crippen MR) is 58.0 cm³/mol. The van der Waals surface area contributed by atoms with Crippen LogP contribution < -0.4 is 5.73 Å². The topological polar surface area (TPSA) is 39.2 Å². The number of benzene rings is 1. The van der Waals surface area contributed by atoms with Gasteiger partial charge in [-0.1, -0.05) is 32.0 Å². The normalized spacial score (nSPS) is 13.7. The SMILES string of the molecule is CC(C)C(N)c1cccc2ccoc12. The van der Waals surface area contributed by atoms with E-state index in [0.717, 1.165) is 16.5 Å². The van der Waals surface area contributed by atoms with Crippen molar-refractivity contribution in [1.82, 2.24) is 0 Å². The summed E-state index contributed by atoms with van der Waals surface area (Å²) in [6.07, 6.45) is 1.71. The zero-order valence-corrected chi connectivity index (χ0v) is 8.53. The fourth-order valence-corrected chi connectivity index (χ4v) is 1.64. The molecular formula is C12H15NO. The van der Waals surface area contributed by atoms with E-state index in [-0.39, 0.29) is 6.04 Å². The summed E-state index contributed by atoms with van der Waals surface area (Å²) in [7, 11) is 0. The van der Waals surface area contributed by atoms with Crippen molar-refractivity contribution in [1.29, 1.82) is 0 Å². The standard InChI is InChI=1S/C12H15NO/c1-8(2)11(13)10-5-3-4-9-6-7-14-12(9)10/h3-8,11H,13H2,1-2H3. The van der Waals surface area contributed by atoms with E-state index in [1.165, 1.54) is 0 Å². The minimum absolute atomic E-state index is 0.0462. The summed E-state index contributed by atoms with van der Waals surface area (Å²) in [5, 5.41) is 1.12. The highest BCUT2D eigenvalue weighted by molar-refractivity contribution is 5.80. The number of para-hydroxylation sites is 1. The Morgan fingerprint density at radius 3 is 2.71 bits per heavy atom. The van der Waals surface area contributed by atoms with E-state index in [1.807, 2.05) is 24.3 Å². The molecule has 0 aliphatic carbocycles. The lowest BCUT2D eigenvalue weighted by molar-refractivity contribution is 0.506. The van der Waals surface area contributed by atoms with Gasteiger partial charge in [-0.05, 0) is 12.0 Å². The van der Waals surface area contributed by atoms with Crippen molar-refractivity contribution in [2.75, 3.05) is 0 Å². The summed E-state index contributed by atoms with van der Waals surface area (Å²) in [6, 6.07) is 8.11. The highest BCUT2D eigenvalue weighted by Crippen LogP contribution is 2.27. The van der Waals surface area contributed by atoms with Gasteiger partial charge in [-0.15, -0.1) is 0 Å². The average molecular weight is 189 g/mol. The Morgan fingerprint density at radius 2 is 2.00 bits per heavy atom. The molecule has 2 N–H and O–H groups in total. The molecule has 74 valence electrons. The fourth-order valence-electron chi connectivity index (χ4n) is 1.64. The molecule has 0 amide bonds. The molecule has 14 heavy (non-hydrogen) atoms.